The van der Waals surface area contributed by atoms with Gasteiger partial charge < -0.3 is 5.32 Å². The average Bonchev–Trinajstić information content (AvgIpc) is 2.79. The van der Waals surface area contributed by atoms with Crippen molar-refractivity contribution >= 4 is 0 Å². The van der Waals surface area contributed by atoms with Gasteiger partial charge >= 0.3 is 0 Å². The molecule has 0 bridgehead atoms. The van der Waals surface area contributed by atoms with Crippen molar-refractivity contribution in [2.45, 2.75) is 52.0 Å². The third-order valence-electron chi connectivity index (χ3n) is 4.48. The fraction of sp³-hybridized carbons (Fsp3) is 0.647. The van der Waals surface area contributed by atoms with Gasteiger partial charge in [-0.2, -0.15) is 0 Å². The Morgan fingerprint density at radius 1 is 1.20 bits per heavy atom. The Kier molecular flexibility index (Phi) is 5.53. The standard InChI is InChI=1S/C17H25F2N/c1-3-7-20-17(16-6-4-5-12(16)2)10-13-8-14(18)11-15(19)9-13/h8-9,11-12,16-17,20H,3-7,10H2,1-2H3. The fourth-order valence-corrected chi connectivity index (χ4v) is 3.46. The summed E-state index contributed by atoms with van der Waals surface area (Å²) in [6.45, 7) is 5.40. The average molecular weight is 281 g/mol. The molecule has 112 valence electrons. The molecule has 20 heavy (non-hydrogen) atoms. The third kappa shape index (κ3) is 4.02. The SMILES string of the molecule is CCCNC(Cc1cc(F)cc(F)c1)C1CCCC1C. The first-order valence-corrected chi connectivity index (χ1v) is 7.78. The van der Waals surface area contributed by atoms with Gasteiger partial charge in [0.15, 0.2) is 0 Å². The Hall–Kier alpha value is -0.960. The lowest BCUT2D eigenvalue weighted by atomic mass is 9.86. The second kappa shape index (κ2) is 7.16. The van der Waals surface area contributed by atoms with Crippen LogP contribution in [0, 0.1) is 23.5 Å². The molecule has 1 aromatic rings. The molecule has 1 nitrogen and oxygen atoms in total. The van der Waals surface area contributed by atoms with Crippen molar-refractivity contribution in [3.8, 4) is 0 Å². The Morgan fingerprint density at radius 2 is 1.90 bits per heavy atom. The number of benzene rings is 1. The van der Waals surface area contributed by atoms with E-state index in [2.05, 4.69) is 19.2 Å². The van der Waals surface area contributed by atoms with E-state index in [0.29, 0.717) is 24.3 Å². The summed E-state index contributed by atoms with van der Waals surface area (Å²) in [7, 11) is 0. The summed E-state index contributed by atoms with van der Waals surface area (Å²) in [5.74, 6) is 0.359. The maximum Gasteiger partial charge on any atom is 0.126 e. The molecule has 0 saturated heterocycles. The molecular formula is C17H25F2N. The van der Waals surface area contributed by atoms with Crippen molar-refractivity contribution < 1.29 is 8.78 Å². The molecule has 2 rings (SSSR count). The van der Waals surface area contributed by atoms with Crippen LogP contribution in [0.2, 0.25) is 0 Å². The van der Waals surface area contributed by atoms with E-state index < -0.39 is 11.6 Å². The first-order valence-electron chi connectivity index (χ1n) is 7.78. The zero-order valence-electron chi connectivity index (χ0n) is 12.5. The van der Waals surface area contributed by atoms with Gasteiger partial charge in [0, 0.05) is 12.1 Å². The van der Waals surface area contributed by atoms with Gasteiger partial charge in [-0.05, 0) is 55.3 Å². The van der Waals surface area contributed by atoms with Gasteiger partial charge in [-0.3, -0.25) is 0 Å². The van der Waals surface area contributed by atoms with E-state index in [1.807, 2.05) is 0 Å². The van der Waals surface area contributed by atoms with Gasteiger partial charge in [-0.25, -0.2) is 8.78 Å². The number of rotatable bonds is 6. The number of hydrogen-bond donors (Lipinski definition) is 1. The Balaban J connectivity index is 2.09. The zero-order chi connectivity index (χ0) is 14.5. The second-order valence-electron chi connectivity index (χ2n) is 6.11. The molecule has 1 N–H and O–H groups in total. The van der Waals surface area contributed by atoms with E-state index in [4.69, 9.17) is 0 Å². The Morgan fingerprint density at radius 3 is 2.45 bits per heavy atom. The van der Waals surface area contributed by atoms with Crippen LogP contribution < -0.4 is 5.32 Å². The minimum atomic E-state index is -0.478. The van der Waals surface area contributed by atoms with Crippen molar-refractivity contribution in [3.05, 3.63) is 35.4 Å². The van der Waals surface area contributed by atoms with Crippen LogP contribution in [0.4, 0.5) is 8.78 Å². The van der Waals surface area contributed by atoms with Crippen LogP contribution in [0.15, 0.2) is 18.2 Å². The van der Waals surface area contributed by atoms with Gasteiger partial charge in [-0.1, -0.05) is 26.7 Å². The Labute approximate surface area is 120 Å². The predicted molar refractivity (Wildman–Crippen MR) is 78.6 cm³/mol. The van der Waals surface area contributed by atoms with Crippen LogP contribution in [0.5, 0.6) is 0 Å². The molecule has 3 heteroatoms. The summed E-state index contributed by atoms with van der Waals surface area (Å²) in [4.78, 5) is 0. The zero-order valence-corrected chi connectivity index (χ0v) is 12.5. The van der Waals surface area contributed by atoms with Crippen molar-refractivity contribution in [2.75, 3.05) is 6.54 Å². The molecule has 1 fully saturated rings. The molecule has 0 amide bonds. The summed E-state index contributed by atoms with van der Waals surface area (Å²) in [5.41, 5.74) is 0.759. The molecule has 0 aliphatic heterocycles. The summed E-state index contributed by atoms with van der Waals surface area (Å²) >= 11 is 0. The number of nitrogens with one attached hydrogen (secondary N) is 1. The molecule has 0 aromatic heterocycles. The van der Waals surface area contributed by atoms with E-state index in [0.717, 1.165) is 24.6 Å². The molecule has 0 spiro atoms. The number of hydrogen-bond acceptors (Lipinski definition) is 1. The molecule has 1 saturated carbocycles. The molecule has 0 heterocycles. The van der Waals surface area contributed by atoms with Crippen LogP contribution in [-0.2, 0) is 6.42 Å². The van der Waals surface area contributed by atoms with Gasteiger partial charge in [-0.15, -0.1) is 0 Å². The first-order chi connectivity index (χ1) is 9.60. The van der Waals surface area contributed by atoms with Crippen molar-refractivity contribution in [2.24, 2.45) is 11.8 Å². The lowest BCUT2D eigenvalue weighted by Gasteiger charge is -2.28. The summed E-state index contributed by atoms with van der Waals surface area (Å²) in [6.07, 6.45) is 5.55. The minimum Gasteiger partial charge on any atom is -0.313 e. The van der Waals surface area contributed by atoms with Crippen LogP contribution in [0.1, 0.15) is 45.1 Å². The molecule has 1 aliphatic rings. The largest absolute Gasteiger partial charge is 0.313 e. The van der Waals surface area contributed by atoms with Crippen LogP contribution in [0.3, 0.4) is 0 Å². The first kappa shape index (κ1) is 15.4. The Bertz CT molecular complexity index is 413. The quantitative estimate of drug-likeness (QED) is 0.819. The van der Waals surface area contributed by atoms with Crippen LogP contribution in [-0.4, -0.2) is 12.6 Å². The second-order valence-corrected chi connectivity index (χ2v) is 6.11. The van der Waals surface area contributed by atoms with Crippen molar-refractivity contribution in [3.63, 3.8) is 0 Å². The van der Waals surface area contributed by atoms with E-state index in [1.165, 1.54) is 31.4 Å². The van der Waals surface area contributed by atoms with E-state index in [9.17, 15) is 8.78 Å². The smallest absolute Gasteiger partial charge is 0.126 e. The normalized spacial score (nSPS) is 24.0. The summed E-state index contributed by atoms with van der Waals surface area (Å²) in [5, 5.41) is 3.58. The van der Waals surface area contributed by atoms with Gasteiger partial charge in [0.2, 0.25) is 0 Å². The number of halogens is 2. The lowest BCUT2D eigenvalue weighted by molar-refractivity contribution is 0.295. The van der Waals surface area contributed by atoms with Crippen molar-refractivity contribution in [1.82, 2.24) is 5.32 Å². The molecule has 0 radical (unpaired) electrons. The van der Waals surface area contributed by atoms with E-state index >= 15 is 0 Å². The van der Waals surface area contributed by atoms with Crippen LogP contribution in [0.25, 0.3) is 0 Å². The monoisotopic (exact) mass is 281 g/mol. The van der Waals surface area contributed by atoms with E-state index in [-0.39, 0.29) is 0 Å². The van der Waals surface area contributed by atoms with E-state index in [1.54, 1.807) is 0 Å². The van der Waals surface area contributed by atoms with Gasteiger partial charge in [0.25, 0.3) is 0 Å². The molecule has 1 aromatic carbocycles. The molecule has 3 unspecified atom stereocenters. The van der Waals surface area contributed by atoms with Crippen LogP contribution >= 0.6 is 0 Å². The minimum absolute atomic E-state index is 0.327. The topological polar surface area (TPSA) is 12.0 Å². The molecule has 3 atom stereocenters. The summed E-state index contributed by atoms with van der Waals surface area (Å²) < 4.78 is 26.6. The molecular weight excluding hydrogens is 256 g/mol. The van der Waals surface area contributed by atoms with Gasteiger partial charge in [0.1, 0.15) is 11.6 Å². The predicted octanol–water partition coefficient (Wildman–Crippen LogP) is 4.31. The summed E-state index contributed by atoms with van der Waals surface area (Å²) in [6, 6.07) is 4.19. The highest BCUT2D eigenvalue weighted by molar-refractivity contribution is 5.19. The van der Waals surface area contributed by atoms with Crippen molar-refractivity contribution in [1.29, 1.82) is 0 Å². The maximum atomic E-state index is 13.3. The maximum absolute atomic E-state index is 13.3. The molecule has 1 aliphatic carbocycles. The fourth-order valence-electron chi connectivity index (χ4n) is 3.46. The highest BCUT2D eigenvalue weighted by Gasteiger charge is 2.30. The van der Waals surface area contributed by atoms with Gasteiger partial charge in [0.05, 0.1) is 0 Å². The third-order valence-corrected chi connectivity index (χ3v) is 4.48. The highest BCUT2D eigenvalue weighted by Crippen LogP contribution is 2.34. The highest BCUT2D eigenvalue weighted by atomic mass is 19.1. The lowest BCUT2D eigenvalue weighted by Crippen LogP contribution is -2.39.